The number of hydrogen-bond donors (Lipinski definition) is 0. The lowest BCUT2D eigenvalue weighted by Gasteiger charge is -2.12. The Kier molecular flexibility index (Phi) is 5.48. The minimum atomic E-state index is -0.287. The highest BCUT2D eigenvalue weighted by atomic mass is 19.1. The Balaban J connectivity index is 2.29. The highest BCUT2D eigenvalue weighted by Gasteiger charge is 2.08. The summed E-state index contributed by atoms with van der Waals surface area (Å²) in [5.74, 6) is -0.287. The molecule has 2 rings (SSSR count). The maximum absolute atomic E-state index is 13.9. The minimum Gasteiger partial charge on any atom is -0.366 e. The summed E-state index contributed by atoms with van der Waals surface area (Å²) in [6, 6.07) is 12.5. The molecule has 4 heteroatoms. The molecule has 0 atom stereocenters. The smallest absolute Gasteiger partial charge is 0.125 e. The normalized spacial score (nSPS) is 10.7. The predicted molar refractivity (Wildman–Crippen MR) is 91.6 cm³/mol. The molecule has 0 N–H and O–H groups in total. The Bertz CT molecular complexity index is 742. The van der Waals surface area contributed by atoms with E-state index in [1.807, 2.05) is 37.9 Å². The molecular formula is C19H20FN3. The van der Waals surface area contributed by atoms with Crippen molar-refractivity contribution in [2.24, 2.45) is 4.99 Å². The van der Waals surface area contributed by atoms with Crippen LogP contribution in [0.4, 0.5) is 10.1 Å². The maximum atomic E-state index is 13.9. The van der Waals surface area contributed by atoms with Gasteiger partial charge in [0, 0.05) is 13.6 Å². The van der Waals surface area contributed by atoms with Crippen LogP contribution in [-0.2, 0) is 6.42 Å². The molecule has 0 aromatic heterocycles. The third kappa shape index (κ3) is 4.40. The van der Waals surface area contributed by atoms with Crippen molar-refractivity contribution in [2.45, 2.75) is 20.3 Å². The summed E-state index contributed by atoms with van der Waals surface area (Å²) in [6.07, 6.45) is 2.33. The molecule has 0 saturated carbocycles. The topological polar surface area (TPSA) is 39.4 Å². The van der Waals surface area contributed by atoms with Crippen molar-refractivity contribution in [1.29, 1.82) is 5.26 Å². The summed E-state index contributed by atoms with van der Waals surface area (Å²) >= 11 is 0. The van der Waals surface area contributed by atoms with Crippen molar-refractivity contribution in [3.05, 3.63) is 64.5 Å². The second-order valence-electron chi connectivity index (χ2n) is 5.51. The molecule has 2 aromatic rings. The Labute approximate surface area is 136 Å². The quantitative estimate of drug-likeness (QED) is 0.613. The van der Waals surface area contributed by atoms with Crippen molar-refractivity contribution in [3.63, 3.8) is 0 Å². The van der Waals surface area contributed by atoms with Crippen molar-refractivity contribution in [2.75, 3.05) is 13.6 Å². The van der Waals surface area contributed by atoms with Crippen LogP contribution in [0.25, 0.3) is 0 Å². The van der Waals surface area contributed by atoms with Gasteiger partial charge in [-0.15, -0.1) is 0 Å². The molecule has 0 aliphatic rings. The van der Waals surface area contributed by atoms with Gasteiger partial charge in [-0.25, -0.2) is 9.38 Å². The lowest BCUT2D eigenvalue weighted by atomic mass is 9.98. The van der Waals surface area contributed by atoms with E-state index in [9.17, 15) is 4.39 Å². The first-order chi connectivity index (χ1) is 11.0. The standard InChI is InChI=1S/C19H20FN3/c1-4-23(3)13-22-19-11-18(20)10-17(14(19)2)9-15-5-7-16(12-21)8-6-15/h5-8,10-11,13H,4,9H2,1-3H3/b22-13-. The van der Waals surface area contributed by atoms with Gasteiger partial charge in [-0.2, -0.15) is 5.26 Å². The zero-order chi connectivity index (χ0) is 16.8. The zero-order valence-electron chi connectivity index (χ0n) is 13.7. The number of rotatable bonds is 5. The summed E-state index contributed by atoms with van der Waals surface area (Å²) in [5.41, 5.74) is 4.18. The van der Waals surface area contributed by atoms with Crippen molar-refractivity contribution >= 4 is 12.0 Å². The molecule has 0 saturated heterocycles. The molecule has 23 heavy (non-hydrogen) atoms. The largest absolute Gasteiger partial charge is 0.366 e. The van der Waals surface area contributed by atoms with E-state index in [-0.39, 0.29) is 5.82 Å². The van der Waals surface area contributed by atoms with Gasteiger partial charge in [0.2, 0.25) is 0 Å². The third-order valence-electron chi connectivity index (χ3n) is 3.82. The summed E-state index contributed by atoms with van der Waals surface area (Å²) in [6.45, 7) is 4.83. The van der Waals surface area contributed by atoms with Gasteiger partial charge in [-0.3, -0.25) is 0 Å². The second-order valence-corrected chi connectivity index (χ2v) is 5.51. The summed E-state index contributed by atoms with van der Waals surface area (Å²) < 4.78 is 13.9. The molecule has 0 bridgehead atoms. The number of nitrogens with zero attached hydrogens (tertiary/aromatic N) is 3. The Morgan fingerprint density at radius 3 is 2.57 bits per heavy atom. The second kappa shape index (κ2) is 7.55. The molecule has 2 aromatic carbocycles. The summed E-state index contributed by atoms with van der Waals surface area (Å²) in [5, 5.41) is 8.84. The molecule has 0 spiro atoms. The molecule has 0 amide bonds. The maximum Gasteiger partial charge on any atom is 0.125 e. The zero-order valence-corrected chi connectivity index (χ0v) is 13.7. The minimum absolute atomic E-state index is 0.287. The average Bonchev–Trinajstić information content (AvgIpc) is 2.56. The van der Waals surface area contributed by atoms with Gasteiger partial charge in [-0.1, -0.05) is 12.1 Å². The summed E-state index contributed by atoms with van der Waals surface area (Å²) in [7, 11) is 1.93. The van der Waals surface area contributed by atoms with E-state index in [1.54, 1.807) is 24.5 Å². The van der Waals surface area contributed by atoms with E-state index in [1.165, 1.54) is 6.07 Å². The van der Waals surface area contributed by atoms with Gasteiger partial charge in [-0.05, 0) is 61.2 Å². The Morgan fingerprint density at radius 2 is 1.96 bits per heavy atom. The van der Waals surface area contributed by atoms with Gasteiger partial charge in [0.25, 0.3) is 0 Å². The molecule has 0 aliphatic carbocycles. The first-order valence-electron chi connectivity index (χ1n) is 7.56. The van der Waals surface area contributed by atoms with E-state index in [0.29, 0.717) is 17.7 Å². The number of nitriles is 1. The van der Waals surface area contributed by atoms with E-state index in [0.717, 1.165) is 23.2 Å². The van der Waals surface area contributed by atoms with Crippen LogP contribution in [0.15, 0.2) is 41.4 Å². The number of halogens is 1. The van der Waals surface area contributed by atoms with Crippen molar-refractivity contribution < 1.29 is 4.39 Å². The fraction of sp³-hybridized carbons (Fsp3) is 0.263. The third-order valence-corrected chi connectivity index (χ3v) is 3.82. The van der Waals surface area contributed by atoms with Crippen LogP contribution in [-0.4, -0.2) is 24.8 Å². The first kappa shape index (κ1) is 16.7. The Hall–Kier alpha value is -2.67. The van der Waals surface area contributed by atoms with Crippen LogP contribution >= 0.6 is 0 Å². The lowest BCUT2D eigenvalue weighted by Crippen LogP contribution is -2.14. The Morgan fingerprint density at radius 1 is 1.26 bits per heavy atom. The van der Waals surface area contributed by atoms with E-state index in [4.69, 9.17) is 5.26 Å². The summed E-state index contributed by atoms with van der Waals surface area (Å²) in [4.78, 5) is 6.32. The predicted octanol–water partition coefficient (Wildman–Crippen LogP) is 4.21. The average molecular weight is 309 g/mol. The lowest BCUT2D eigenvalue weighted by molar-refractivity contribution is 0.552. The van der Waals surface area contributed by atoms with Crippen LogP contribution < -0.4 is 0 Å². The van der Waals surface area contributed by atoms with Crippen LogP contribution in [0.5, 0.6) is 0 Å². The molecule has 0 fully saturated rings. The van der Waals surface area contributed by atoms with E-state index in [2.05, 4.69) is 11.1 Å². The molecule has 118 valence electrons. The van der Waals surface area contributed by atoms with Crippen LogP contribution in [0.1, 0.15) is 29.2 Å². The van der Waals surface area contributed by atoms with Crippen molar-refractivity contribution in [3.8, 4) is 6.07 Å². The molecule has 0 unspecified atom stereocenters. The fourth-order valence-corrected chi connectivity index (χ4v) is 2.20. The number of hydrogen-bond acceptors (Lipinski definition) is 2. The number of benzene rings is 2. The molecule has 0 radical (unpaired) electrons. The fourth-order valence-electron chi connectivity index (χ4n) is 2.20. The number of aliphatic imine (C=N–C) groups is 1. The highest BCUT2D eigenvalue weighted by molar-refractivity contribution is 5.64. The van der Waals surface area contributed by atoms with Gasteiger partial charge >= 0.3 is 0 Å². The van der Waals surface area contributed by atoms with Gasteiger partial charge in [0.1, 0.15) is 5.82 Å². The van der Waals surface area contributed by atoms with Gasteiger partial charge < -0.3 is 4.90 Å². The molecule has 0 heterocycles. The SMILES string of the molecule is CCN(C)/C=N\c1cc(F)cc(Cc2ccc(C#N)cc2)c1C. The monoisotopic (exact) mass is 309 g/mol. The van der Waals surface area contributed by atoms with Crippen LogP contribution in [0.3, 0.4) is 0 Å². The van der Waals surface area contributed by atoms with E-state index >= 15 is 0 Å². The highest BCUT2D eigenvalue weighted by Crippen LogP contribution is 2.26. The van der Waals surface area contributed by atoms with Crippen LogP contribution in [0.2, 0.25) is 0 Å². The first-order valence-corrected chi connectivity index (χ1v) is 7.56. The van der Waals surface area contributed by atoms with Crippen molar-refractivity contribution in [1.82, 2.24) is 4.90 Å². The van der Waals surface area contributed by atoms with Crippen LogP contribution in [0, 0.1) is 24.1 Å². The van der Waals surface area contributed by atoms with Gasteiger partial charge in [0.15, 0.2) is 0 Å². The molecule has 0 aliphatic heterocycles. The van der Waals surface area contributed by atoms with Gasteiger partial charge in [0.05, 0.1) is 23.7 Å². The molecule has 3 nitrogen and oxygen atoms in total. The van der Waals surface area contributed by atoms with E-state index < -0.39 is 0 Å². The molecular weight excluding hydrogens is 289 g/mol.